The number of rotatable bonds is 15. The van der Waals surface area contributed by atoms with Crippen molar-refractivity contribution in [1.82, 2.24) is 15.4 Å². The molecule has 1 amide bonds. The van der Waals surface area contributed by atoms with Crippen LogP contribution in [-0.2, 0) is 13.0 Å². The Bertz CT molecular complexity index is 1340. The van der Waals surface area contributed by atoms with Gasteiger partial charge in [-0.1, -0.05) is 63.9 Å². The minimum absolute atomic E-state index is 0.190. The zero-order chi connectivity index (χ0) is 30.1. The molecule has 0 spiro atoms. The van der Waals surface area contributed by atoms with Crippen LogP contribution in [0.15, 0.2) is 34.9 Å². The Hall–Kier alpha value is -3.39. The Morgan fingerprint density at radius 2 is 1.79 bits per heavy atom. The van der Waals surface area contributed by atoms with Gasteiger partial charge in [0.1, 0.15) is 18.2 Å². The third kappa shape index (κ3) is 7.33. The van der Waals surface area contributed by atoms with Gasteiger partial charge in [-0.2, -0.15) is 0 Å². The largest absolute Gasteiger partial charge is 0.493 e. The number of unbranched alkanes of at least 4 members (excludes halogenated alkanes) is 2. The molecule has 0 atom stereocenters. The van der Waals surface area contributed by atoms with E-state index in [1.54, 1.807) is 0 Å². The molecule has 0 bridgehead atoms. The molecule has 0 fully saturated rings. The summed E-state index contributed by atoms with van der Waals surface area (Å²) in [5.41, 5.74) is 5.92. The van der Waals surface area contributed by atoms with E-state index in [1.807, 2.05) is 19.1 Å². The number of halogens is 1. The maximum Gasteiger partial charge on any atom is 0.274 e. The quantitative estimate of drug-likeness (QED) is 0.187. The number of fused-ring (bicyclic) bond motifs is 1. The predicted molar refractivity (Wildman–Crippen MR) is 165 cm³/mol. The molecule has 8 heteroatoms. The number of hydrogen-bond acceptors (Lipinski definition) is 6. The van der Waals surface area contributed by atoms with E-state index >= 15 is 0 Å². The predicted octanol–water partition coefficient (Wildman–Crippen LogP) is 7.57. The maximum absolute atomic E-state index is 13.2. The molecule has 7 nitrogen and oxygen atoms in total. The summed E-state index contributed by atoms with van der Waals surface area (Å²) in [7, 11) is 0. The normalized spacial score (nSPS) is 13.3. The summed E-state index contributed by atoms with van der Waals surface area (Å²) in [5.74, 6) is 1.87. The number of benzene rings is 2. The van der Waals surface area contributed by atoms with Gasteiger partial charge in [0.2, 0.25) is 0 Å². The average molecular weight is 580 g/mol. The number of alkyl halides is 1. The summed E-state index contributed by atoms with van der Waals surface area (Å²) in [5, 5.41) is 7.20. The van der Waals surface area contributed by atoms with Crippen molar-refractivity contribution < 1.29 is 23.2 Å². The van der Waals surface area contributed by atoms with E-state index < -0.39 is 0 Å². The summed E-state index contributed by atoms with van der Waals surface area (Å²) in [6.07, 6.45) is 4.75. The van der Waals surface area contributed by atoms with Gasteiger partial charge in [-0.05, 0) is 60.4 Å². The van der Waals surface area contributed by atoms with Crippen molar-refractivity contribution in [3.63, 3.8) is 0 Å². The molecule has 0 aliphatic carbocycles. The summed E-state index contributed by atoms with van der Waals surface area (Å²) < 4.78 is 31.6. The molecule has 1 aliphatic rings. The van der Waals surface area contributed by atoms with E-state index in [9.17, 15) is 9.18 Å². The van der Waals surface area contributed by atoms with Crippen molar-refractivity contribution >= 4 is 5.91 Å². The fourth-order valence-corrected chi connectivity index (χ4v) is 5.32. The van der Waals surface area contributed by atoms with Crippen LogP contribution in [0.25, 0.3) is 22.5 Å². The van der Waals surface area contributed by atoms with Crippen molar-refractivity contribution in [1.29, 1.82) is 0 Å². The van der Waals surface area contributed by atoms with Crippen LogP contribution in [0.4, 0.5) is 4.39 Å². The molecular weight excluding hydrogens is 533 g/mol. The van der Waals surface area contributed by atoms with Crippen LogP contribution in [0.1, 0.15) is 93.4 Å². The third-order valence-corrected chi connectivity index (χ3v) is 7.72. The lowest BCUT2D eigenvalue weighted by Gasteiger charge is -2.28. The molecule has 3 aromatic rings. The molecule has 0 saturated heterocycles. The zero-order valence-electron chi connectivity index (χ0n) is 25.9. The van der Waals surface area contributed by atoms with Gasteiger partial charge in [0.15, 0.2) is 11.5 Å². The van der Waals surface area contributed by atoms with Crippen LogP contribution >= 0.6 is 0 Å². The third-order valence-electron chi connectivity index (χ3n) is 7.72. The highest BCUT2D eigenvalue weighted by Gasteiger charge is 2.29. The van der Waals surface area contributed by atoms with Gasteiger partial charge in [-0.3, -0.25) is 9.69 Å². The number of carbonyl (C=O) groups excluding carboxylic acids is 1. The Kier molecular flexibility index (Phi) is 11.4. The van der Waals surface area contributed by atoms with Crippen LogP contribution < -0.4 is 14.8 Å². The van der Waals surface area contributed by atoms with Crippen molar-refractivity contribution in [2.24, 2.45) is 0 Å². The summed E-state index contributed by atoms with van der Waals surface area (Å²) in [6.45, 7) is 13.7. The molecule has 0 saturated carbocycles. The molecule has 1 aliphatic heterocycles. The molecule has 4 rings (SSSR count). The fraction of sp³-hybridized carbons (Fsp3) is 0.529. The summed E-state index contributed by atoms with van der Waals surface area (Å²) in [6, 6.07) is 10.3. The van der Waals surface area contributed by atoms with E-state index in [0.29, 0.717) is 49.9 Å². The lowest BCUT2D eigenvalue weighted by molar-refractivity contribution is 0.0947. The highest BCUT2D eigenvalue weighted by atomic mass is 19.1. The maximum atomic E-state index is 13.2. The molecule has 42 heavy (non-hydrogen) atoms. The van der Waals surface area contributed by atoms with Gasteiger partial charge in [0, 0.05) is 32.2 Å². The first kappa shape index (κ1) is 31.5. The van der Waals surface area contributed by atoms with Crippen LogP contribution in [0.5, 0.6) is 11.5 Å². The summed E-state index contributed by atoms with van der Waals surface area (Å²) in [4.78, 5) is 15.4. The van der Waals surface area contributed by atoms with Crippen molar-refractivity contribution in [2.75, 3.05) is 39.5 Å². The lowest BCUT2D eigenvalue weighted by Crippen LogP contribution is -2.32. The molecule has 228 valence electrons. The van der Waals surface area contributed by atoms with Gasteiger partial charge >= 0.3 is 0 Å². The van der Waals surface area contributed by atoms with Gasteiger partial charge in [-0.15, -0.1) is 0 Å². The smallest absolute Gasteiger partial charge is 0.274 e. The number of nitrogens with one attached hydrogen (secondary N) is 1. The summed E-state index contributed by atoms with van der Waals surface area (Å²) >= 11 is 0. The molecule has 0 unspecified atom stereocenters. The van der Waals surface area contributed by atoms with Crippen LogP contribution in [0, 0.1) is 0 Å². The molecule has 1 N–H and O–H groups in total. The number of nitrogens with zero attached hydrogens (tertiary/aromatic N) is 2. The van der Waals surface area contributed by atoms with Crippen LogP contribution in [0.2, 0.25) is 0 Å². The second-order valence-electron chi connectivity index (χ2n) is 11.2. The monoisotopic (exact) mass is 579 g/mol. The van der Waals surface area contributed by atoms with Crippen molar-refractivity contribution in [3.05, 3.63) is 52.7 Å². The first-order chi connectivity index (χ1) is 20.4. The molecule has 2 heterocycles. The van der Waals surface area contributed by atoms with Gasteiger partial charge in [0.05, 0.1) is 24.3 Å². The second kappa shape index (κ2) is 15.2. The second-order valence-corrected chi connectivity index (χ2v) is 11.2. The number of aromatic nitrogens is 1. The zero-order valence-corrected chi connectivity index (χ0v) is 25.9. The Balaban J connectivity index is 1.87. The van der Waals surface area contributed by atoms with E-state index in [2.05, 4.69) is 61.3 Å². The minimum atomic E-state index is -0.350. The number of ether oxygens (including phenoxy) is 2. The molecule has 2 aromatic carbocycles. The molecule has 1 aromatic heterocycles. The minimum Gasteiger partial charge on any atom is -0.493 e. The van der Waals surface area contributed by atoms with Crippen molar-refractivity contribution in [2.45, 2.75) is 79.2 Å². The molecule has 0 radical (unpaired) electrons. The van der Waals surface area contributed by atoms with E-state index in [-0.39, 0.29) is 24.2 Å². The Morgan fingerprint density at radius 3 is 2.45 bits per heavy atom. The van der Waals surface area contributed by atoms with Gasteiger partial charge in [-0.25, -0.2) is 4.39 Å². The van der Waals surface area contributed by atoms with Crippen LogP contribution in [-0.4, -0.2) is 55.5 Å². The standard InChI is InChI=1S/C34H46FN3O4/c1-6-9-17-40-29-21-30(41-18-10-7-2)28(20-27(29)23(4)5)33-31(32(37-42-33)34(39)36-8-3)25-11-12-26-22-38(16-14-35)15-13-24(26)19-25/h11-12,19-21,23H,6-10,13-18,22H2,1-5H3,(H,36,39). The highest BCUT2D eigenvalue weighted by molar-refractivity contribution is 6.02. The average Bonchev–Trinajstić information content (AvgIpc) is 3.42. The topological polar surface area (TPSA) is 76.8 Å². The van der Waals surface area contributed by atoms with Crippen molar-refractivity contribution in [3.8, 4) is 33.9 Å². The highest BCUT2D eigenvalue weighted by Crippen LogP contribution is 2.44. The number of amides is 1. The Labute approximate surface area is 249 Å². The first-order valence-corrected chi connectivity index (χ1v) is 15.5. The number of carbonyl (C=O) groups is 1. The lowest BCUT2D eigenvalue weighted by atomic mass is 9.91. The van der Waals surface area contributed by atoms with E-state index in [0.717, 1.165) is 61.1 Å². The fourth-order valence-electron chi connectivity index (χ4n) is 5.32. The van der Waals surface area contributed by atoms with E-state index in [4.69, 9.17) is 14.0 Å². The van der Waals surface area contributed by atoms with Gasteiger partial charge in [0.25, 0.3) is 5.91 Å². The van der Waals surface area contributed by atoms with Gasteiger partial charge < -0.3 is 19.3 Å². The molecular formula is C34H46FN3O4. The first-order valence-electron chi connectivity index (χ1n) is 15.5. The SMILES string of the molecule is CCCCOc1cc(OCCCC)c(C(C)C)cc1-c1onc(C(=O)NCC)c1-c1ccc2c(c1)CCN(CCF)C2. The van der Waals surface area contributed by atoms with E-state index in [1.165, 1.54) is 11.1 Å². The Morgan fingerprint density at radius 1 is 1.05 bits per heavy atom. The number of hydrogen-bond donors (Lipinski definition) is 1. The van der Waals surface area contributed by atoms with Crippen LogP contribution in [0.3, 0.4) is 0 Å².